The fraction of sp³-hybridized carbons (Fsp3) is 0.938. The third kappa shape index (κ3) is 55.9. The highest BCUT2D eigenvalue weighted by Gasteiger charge is 2.18. The molecule has 0 spiro atoms. The van der Waals surface area contributed by atoms with E-state index < -0.39 is 12.1 Å². The number of rotatable bonds is 60. The number of aliphatic hydroxyl groups is 2. The van der Waals surface area contributed by atoms with Crippen LogP contribution in [-0.2, 0) is 14.3 Å². The molecule has 0 radical (unpaired) electrons. The van der Waals surface area contributed by atoms with Crippen LogP contribution in [0.5, 0.6) is 0 Å². The van der Waals surface area contributed by atoms with Crippen molar-refractivity contribution < 1.29 is 24.5 Å². The second-order valence-electron chi connectivity index (χ2n) is 22.1. The maximum atomic E-state index is 12.5. The van der Waals surface area contributed by atoms with Gasteiger partial charge in [0.2, 0.25) is 5.91 Å². The molecule has 416 valence electrons. The van der Waals surface area contributed by atoms with Crippen molar-refractivity contribution in [1.29, 1.82) is 0 Å². The lowest BCUT2D eigenvalue weighted by molar-refractivity contribution is -0.143. The van der Waals surface area contributed by atoms with E-state index in [1.54, 1.807) is 6.08 Å². The van der Waals surface area contributed by atoms with Crippen LogP contribution >= 0.6 is 0 Å². The van der Waals surface area contributed by atoms with E-state index in [0.717, 1.165) is 44.9 Å². The number of carbonyl (C=O) groups excluding carboxylic acids is 2. The largest absolute Gasteiger partial charge is 0.466 e. The summed E-state index contributed by atoms with van der Waals surface area (Å²) in [5.74, 6) is -0.0639. The summed E-state index contributed by atoms with van der Waals surface area (Å²) in [5, 5.41) is 23.2. The Morgan fingerprint density at radius 3 is 0.971 bits per heavy atom. The van der Waals surface area contributed by atoms with E-state index in [4.69, 9.17) is 4.74 Å². The summed E-state index contributed by atoms with van der Waals surface area (Å²) < 4.78 is 5.49. The average Bonchev–Trinajstić information content (AvgIpc) is 3.36. The van der Waals surface area contributed by atoms with Gasteiger partial charge in [-0.05, 0) is 32.1 Å². The molecule has 0 aromatic carbocycles. The zero-order valence-corrected chi connectivity index (χ0v) is 47.5. The third-order valence-corrected chi connectivity index (χ3v) is 15.1. The van der Waals surface area contributed by atoms with Gasteiger partial charge in [-0.3, -0.25) is 9.59 Å². The second kappa shape index (κ2) is 60.2. The van der Waals surface area contributed by atoms with Gasteiger partial charge in [-0.25, -0.2) is 0 Å². The van der Waals surface area contributed by atoms with Crippen LogP contribution in [0.25, 0.3) is 0 Å². The van der Waals surface area contributed by atoms with Crippen molar-refractivity contribution in [2.45, 2.75) is 373 Å². The normalized spacial score (nSPS) is 12.6. The number of unbranched alkanes of at least 4 members (excludes halogenated alkanes) is 49. The first-order valence-electron chi connectivity index (χ1n) is 32.0. The Morgan fingerprint density at radius 2 is 0.657 bits per heavy atom. The summed E-state index contributed by atoms with van der Waals surface area (Å²) >= 11 is 0. The van der Waals surface area contributed by atoms with Crippen LogP contribution in [0.15, 0.2) is 12.2 Å². The second-order valence-corrected chi connectivity index (χ2v) is 22.1. The van der Waals surface area contributed by atoms with Crippen molar-refractivity contribution in [3.63, 3.8) is 0 Å². The molecule has 70 heavy (non-hydrogen) atoms. The average molecular weight is 989 g/mol. The maximum absolute atomic E-state index is 12.5. The number of allylic oxidation sites excluding steroid dienone is 1. The number of amides is 1. The Balaban J connectivity index is 3.43. The Morgan fingerprint density at radius 1 is 0.386 bits per heavy atom. The van der Waals surface area contributed by atoms with Crippen LogP contribution in [0.1, 0.15) is 361 Å². The number of carbonyl (C=O) groups is 2. The Hall–Kier alpha value is -1.40. The molecule has 3 N–H and O–H groups in total. The monoisotopic (exact) mass is 988 g/mol. The van der Waals surface area contributed by atoms with E-state index in [1.165, 1.54) is 289 Å². The molecule has 0 aliphatic carbocycles. The zero-order valence-electron chi connectivity index (χ0n) is 47.5. The highest BCUT2D eigenvalue weighted by atomic mass is 16.5. The molecule has 0 aromatic rings. The van der Waals surface area contributed by atoms with Crippen LogP contribution in [0.4, 0.5) is 0 Å². The first-order valence-corrected chi connectivity index (χ1v) is 32.0. The smallest absolute Gasteiger partial charge is 0.305 e. The van der Waals surface area contributed by atoms with Crippen LogP contribution in [0, 0.1) is 0 Å². The molecule has 0 aliphatic heterocycles. The fourth-order valence-electron chi connectivity index (χ4n) is 10.2. The Bertz CT molecular complexity index is 1050. The summed E-state index contributed by atoms with van der Waals surface area (Å²) in [6.45, 7) is 4.93. The van der Waals surface area contributed by atoms with Gasteiger partial charge in [0.15, 0.2) is 0 Å². The van der Waals surface area contributed by atoms with Gasteiger partial charge < -0.3 is 20.3 Å². The number of nitrogens with one attached hydrogen (secondary N) is 1. The topological polar surface area (TPSA) is 95.9 Å². The van der Waals surface area contributed by atoms with Gasteiger partial charge in [-0.15, -0.1) is 0 Å². The van der Waals surface area contributed by atoms with Gasteiger partial charge in [0.05, 0.1) is 25.4 Å². The van der Waals surface area contributed by atoms with Crippen LogP contribution < -0.4 is 5.32 Å². The minimum Gasteiger partial charge on any atom is -0.466 e. The van der Waals surface area contributed by atoms with Crippen LogP contribution in [0.3, 0.4) is 0 Å². The summed E-state index contributed by atoms with van der Waals surface area (Å²) in [6, 6.07) is -0.633. The first-order chi connectivity index (χ1) is 34.5. The van der Waals surface area contributed by atoms with Gasteiger partial charge >= 0.3 is 5.97 Å². The maximum Gasteiger partial charge on any atom is 0.305 e. The molecule has 0 saturated heterocycles. The lowest BCUT2D eigenvalue weighted by Gasteiger charge is -2.20. The van der Waals surface area contributed by atoms with Crippen molar-refractivity contribution in [3.8, 4) is 0 Å². The minimum absolute atomic E-state index is 0.00667. The van der Waals surface area contributed by atoms with Gasteiger partial charge in [0, 0.05) is 12.8 Å². The molecule has 6 heteroatoms. The molecule has 1 amide bonds. The van der Waals surface area contributed by atoms with Crippen molar-refractivity contribution >= 4 is 11.9 Å². The van der Waals surface area contributed by atoms with Crippen molar-refractivity contribution in [3.05, 3.63) is 12.2 Å². The molecule has 0 heterocycles. The highest BCUT2D eigenvalue weighted by Crippen LogP contribution is 2.18. The zero-order chi connectivity index (χ0) is 50.7. The molecular weight excluding hydrogens is 863 g/mol. The van der Waals surface area contributed by atoms with E-state index in [9.17, 15) is 19.8 Å². The minimum atomic E-state index is -0.849. The van der Waals surface area contributed by atoms with Crippen LogP contribution in [-0.4, -0.2) is 47.4 Å². The van der Waals surface area contributed by atoms with Gasteiger partial charge in [-0.2, -0.15) is 0 Å². The Labute approximate surface area is 438 Å². The number of ether oxygens (including phenoxy) is 1. The van der Waals surface area contributed by atoms with E-state index in [1.807, 2.05) is 6.08 Å². The lowest BCUT2D eigenvalue weighted by atomic mass is 10.0. The van der Waals surface area contributed by atoms with E-state index in [0.29, 0.717) is 19.4 Å². The molecule has 0 saturated carbocycles. The van der Waals surface area contributed by atoms with Crippen LogP contribution in [0.2, 0.25) is 0 Å². The lowest BCUT2D eigenvalue weighted by Crippen LogP contribution is -2.45. The van der Waals surface area contributed by atoms with Crippen molar-refractivity contribution in [2.75, 3.05) is 13.2 Å². The Kier molecular flexibility index (Phi) is 59.0. The number of aliphatic hydroxyl groups excluding tert-OH is 2. The fourth-order valence-corrected chi connectivity index (χ4v) is 10.2. The van der Waals surface area contributed by atoms with Crippen molar-refractivity contribution in [2.24, 2.45) is 0 Å². The molecule has 0 rings (SSSR count). The molecule has 0 aromatic heterocycles. The predicted octanol–water partition coefficient (Wildman–Crippen LogP) is 20.0. The summed E-state index contributed by atoms with van der Waals surface area (Å²) in [4.78, 5) is 24.6. The van der Waals surface area contributed by atoms with Gasteiger partial charge in [-0.1, -0.05) is 328 Å². The quantitative estimate of drug-likeness (QED) is 0.0321. The summed E-state index contributed by atoms with van der Waals surface area (Å²) in [5.41, 5.74) is 0. The molecule has 6 nitrogen and oxygen atoms in total. The van der Waals surface area contributed by atoms with E-state index in [2.05, 4.69) is 19.2 Å². The molecule has 2 unspecified atom stereocenters. The molecule has 2 atom stereocenters. The molecule has 0 bridgehead atoms. The van der Waals surface area contributed by atoms with Gasteiger partial charge in [0.1, 0.15) is 0 Å². The van der Waals surface area contributed by atoms with Crippen molar-refractivity contribution in [1.82, 2.24) is 5.32 Å². The molecule has 0 aliphatic rings. The third-order valence-electron chi connectivity index (χ3n) is 15.1. The first kappa shape index (κ1) is 68.6. The summed E-state index contributed by atoms with van der Waals surface area (Å²) in [7, 11) is 0. The number of hydrogen-bond donors (Lipinski definition) is 3. The van der Waals surface area contributed by atoms with E-state index in [-0.39, 0.29) is 18.5 Å². The highest BCUT2D eigenvalue weighted by molar-refractivity contribution is 5.76. The summed E-state index contributed by atoms with van der Waals surface area (Å²) in [6.07, 6.45) is 72.5. The standard InChI is InChI=1S/C64H125NO5/c1-3-5-7-9-11-13-15-17-19-21-22-23-24-25-28-32-36-40-44-48-52-56-62(67)61(60-66)65-63(68)57-53-49-45-41-37-33-29-26-27-31-35-39-43-47-51-55-59-70-64(69)58-54-50-46-42-38-34-30-20-18-16-14-12-10-8-6-4-2/h52,56,61-62,66-67H,3-51,53-55,57-60H2,1-2H3,(H,65,68)/b56-52+. The SMILES string of the molecule is CCCCCCCCCCCCCCCCCCCCC/C=C/C(O)C(CO)NC(=O)CCCCCCCCCCCCCCCCCCOC(=O)CCCCCCCCCCCCCCCCCC. The molecule has 0 fully saturated rings. The van der Waals surface area contributed by atoms with E-state index >= 15 is 0 Å². The molecular formula is C64H125NO5. The predicted molar refractivity (Wildman–Crippen MR) is 306 cm³/mol. The van der Waals surface area contributed by atoms with Gasteiger partial charge in [0.25, 0.3) is 0 Å². The number of hydrogen-bond acceptors (Lipinski definition) is 5. The number of esters is 1.